The van der Waals surface area contributed by atoms with Gasteiger partial charge in [0.15, 0.2) is 0 Å². The van der Waals surface area contributed by atoms with Crippen LogP contribution in [0.2, 0.25) is 0 Å². The van der Waals surface area contributed by atoms with Crippen molar-refractivity contribution in [3.05, 3.63) is 52.3 Å². The summed E-state index contributed by atoms with van der Waals surface area (Å²) in [6.07, 6.45) is 1.49. The van der Waals surface area contributed by atoms with Gasteiger partial charge >= 0.3 is 5.97 Å². The van der Waals surface area contributed by atoms with Crippen LogP contribution in [-0.4, -0.2) is 36.4 Å². The topological polar surface area (TPSA) is 91.5 Å². The van der Waals surface area contributed by atoms with E-state index in [1.54, 1.807) is 18.7 Å². The standard InChI is InChI=1S/C20H23N3O4/c1-12-17(20(26)27-3)13(2)22-18(12)19(25)21-11-14-6-8-15(9-7-14)23-10-4-5-16(23)24/h6-9,22H,4-5,10-11H2,1-3H3,(H,21,25). The number of aromatic amines is 1. The average Bonchev–Trinajstić information content (AvgIpc) is 3.22. The first-order valence-corrected chi connectivity index (χ1v) is 8.87. The highest BCUT2D eigenvalue weighted by molar-refractivity contribution is 6.00. The molecule has 1 fully saturated rings. The summed E-state index contributed by atoms with van der Waals surface area (Å²) in [6, 6.07) is 7.58. The molecule has 2 heterocycles. The van der Waals surface area contributed by atoms with Crippen LogP contribution in [0.1, 0.15) is 50.5 Å². The Bertz CT molecular complexity index is 883. The number of carbonyl (C=O) groups excluding carboxylic acids is 3. The number of hydrogen-bond acceptors (Lipinski definition) is 4. The maximum absolute atomic E-state index is 12.5. The molecule has 7 heteroatoms. The van der Waals surface area contributed by atoms with Crippen LogP contribution in [0.25, 0.3) is 0 Å². The van der Waals surface area contributed by atoms with E-state index in [1.165, 1.54) is 7.11 Å². The summed E-state index contributed by atoms with van der Waals surface area (Å²) in [7, 11) is 1.31. The molecule has 27 heavy (non-hydrogen) atoms. The molecule has 2 N–H and O–H groups in total. The number of nitrogens with one attached hydrogen (secondary N) is 2. The van der Waals surface area contributed by atoms with Gasteiger partial charge in [-0.3, -0.25) is 9.59 Å². The van der Waals surface area contributed by atoms with Crippen molar-refractivity contribution in [1.82, 2.24) is 10.3 Å². The van der Waals surface area contributed by atoms with Crippen LogP contribution in [0.3, 0.4) is 0 Å². The first-order valence-electron chi connectivity index (χ1n) is 8.87. The molecule has 142 valence electrons. The van der Waals surface area contributed by atoms with Crippen LogP contribution in [0.15, 0.2) is 24.3 Å². The number of esters is 1. The third kappa shape index (κ3) is 3.72. The number of ether oxygens (including phenoxy) is 1. The van der Waals surface area contributed by atoms with E-state index in [9.17, 15) is 14.4 Å². The van der Waals surface area contributed by atoms with E-state index in [4.69, 9.17) is 4.74 Å². The van der Waals surface area contributed by atoms with Gasteiger partial charge in [-0.25, -0.2) is 4.79 Å². The summed E-state index contributed by atoms with van der Waals surface area (Å²) >= 11 is 0. The Morgan fingerprint density at radius 3 is 2.52 bits per heavy atom. The number of anilines is 1. The Kier molecular flexibility index (Phi) is 5.30. The second-order valence-electron chi connectivity index (χ2n) is 6.61. The van der Waals surface area contributed by atoms with E-state index in [-0.39, 0.29) is 11.8 Å². The minimum atomic E-state index is -0.465. The fraction of sp³-hybridized carbons (Fsp3) is 0.350. The molecule has 1 aromatic heterocycles. The second kappa shape index (κ2) is 7.65. The third-order valence-electron chi connectivity index (χ3n) is 4.83. The third-order valence-corrected chi connectivity index (χ3v) is 4.83. The minimum absolute atomic E-state index is 0.148. The molecule has 0 spiro atoms. The molecule has 2 aromatic rings. The number of aryl methyl sites for hydroxylation is 1. The predicted molar refractivity (Wildman–Crippen MR) is 101 cm³/mol. The van der Waals surface area contributed by atoms with E-state index in [1.807, 2.05) is 24.3 Å². The minimum Gasteiger partial charge on any atom is -0.465 e. The summed E-state index contributed by atoms with van der Waals surface area (Å²) in [4.78, 5) is 40.9. The van der Waals surface area contributed by atoms with Crippen LogP contribution >= 0.6 is 0 Å². The number of rotatable bonds is 5. The number of benzene rings is 1. The van der Waals surface area contributed by atoms with Gasteiger partial charge in [0.05, 0.1) is 12.7 Å². The Hall–Kier alpha value is -3.09. The summed E-state index contributed by atoms with van der Waals surface area (Å²) in [6.45, 7) is 4.54. The first kappa shape index (κ1) is 18.7. The molecule has 0 aliphatic carbocycles. The van der Waals surface area contributed by atoms with Crippen LogP contribution in [0, 0.1) is 13.8 Å². The molecule has 0 atom stereocenters. The molecule has 0 saturated carbocycles. The van der Waals surface area contributed by atoms with Crippen molar-refractivity contribution in [2.75, 3.05) is 18.6 Å². The lowest BCUT2D eigenvalue weighted by molar-refractivity contribution is -0.117. The molecule has 0 bridgehead atoms. The van der Waals surface area contributed by atoms with Crippen molar-refractivity contribution >= 4 is 23.5 Å². The summed E-state index contributed by atoms with van der Waals surface area (Å²) in [5.41, 5.74) is 3.72. The molecule has 0 radical (unpaired) electrons. The number of carbonyl (C=O) groups is 3. The number of H-pyrrole nitrogens is 1. The van der Waals surface area contributed by atoms with E-state index < -0.39 is 5.97 Å². The van der Waals surface area contributed by atoms with Crippen molar-refractivity contribution in [2.45, 2.75) is 33.2 Å². The molecule has 0 unspecified atom stereocenters. The number of nitrogens with zero attached hydrogens (tertiary/aromatic N) is 1. The summed E-state index contributed by atoms with van der Waals surface area (Å²) in [5, 5.41) is 2.85. The Balaban J connectivity index is 1.66. The lowest BCUT2D eigenvalue weighted by atomic mass is 10.1. The molecule has 3 rings (SSSR count). The zero-order valence-electron chi connectivity index (χ0n) is 15.7. The monoisotopic (exact) mass is 369 g/mol. The highest BCUT2D eigenvalue weighted by atomic mass is 16.5. The van der Waals surface area contributed by atoms with Gasteiger partial charge in [-0.1, -0.05) is 12.1 Å². The molecule has 1 saturated heterocycles. The lowest BCUT2D eigenvalue weighted by Crippen LogP contribution is -2.25. The van der Waals surface area contributed by atoms with Gasteiger partial charge in [0, 0.05) is 30.9 Å². The Morgan fingerprint density at radius 2 is 1.93 bits per heavy atom. The van der Waals surface area contributed by atoms with E-state index >= 15 is 0 Å². The maximum Gasteiger partial charge on any atom is 0.339 e. The fourth-order valence-corrected chi connectivity index (χ4v) is 3.37. The van der Waals surface area contributed by atoms with Crippen LogP contribution < -0.4 is 10.2 Å². The number of methoxy groups -OCH3 is 1. The molecule has 1 aromatic carbocycles. The van der Waals surface area contributed by atoms with Crippen LogP contribution in [0.5, 0.6) is 0 Å². The van der Waals surface area contributed by atoms with E-state index in [0.29, 0.717) is 35.5 Å². The highest BCUT2D eigenvalue weighted by Gasteiger charge is 2.23. The zero-order valence-corrected chi connectivity index (χ0v) is 15.7. The van der Waals surface area contributed by atoms with E-state index in [0.717, 1.165) is 24.2 Å². The predicted octanol–water partition coefficient (Wildman–Crippen LogP) is 2.47. The lowest BCUT2D eigenvalue weighted by Gasteiger charge is -2.16. The van der Waals surface area contributed by atoms with Gasteiger partial charge in [0.25, 0.3) is 5.91 Å². The maximum atomic E-state index is 12.5. The number of amides is 2. The van der Waals surface area contributed by atoms with Crippen molar-refractivity contribution in [1.29, 1.82) is 0 Å². The Morgan fingerprint density at radius 1 is 1.22 bits per heavy atom. The van der Waals surface area contributed by atoms with Gasteiger partial charge in [0.1, 0.15) is 5.69 Å². The van der Waals surface area contributed by atoms with Crippen molar-refractivity contribution in [3.63, 3.8) is 0 Å². The second-order valence-corrected chi connectivity index (χ2v) is 6.61. The smallest absolute Gasteiger partial charge is 0.339 e. The quantitative estimate of drug-likeness (QED) is 0.792. The molecular weight excluding hydrogens is 346 g/mol. The van der Waals surface area contributed by atoms with Crippen LogP contribution in [0.4, 0.5) is 5.69 Å². The number of hydrogen-bond donors (Lipinski definition) is 2. The molecule has 7 nitrogen and oxygen atoms in total. The molecule has 2 amide bonds. The normalized spacial score (nSPS) is 13.7. The summed E-state index contributed by atoms with van der Waals surface area (Å²) in [5.74, 6) is -0.605. The van der Waals surface area contributed by atoms with Gasteiger partial charge in [-0.2, -0.15) is 0 Å². The highest BCUT2D eigenvalue weighted by Crippen LogP contribution is 2.22. The van der Waals surface area contributed by atoms with Crippen molar-refractivity contribution < 1.29 is 19.1 Å². The summed E-state index contributed by atoms with van der Waals surface area (Å²) < 4.78 is 4.76. The zero-order chi connectivity index (χ0) is 19.6. The largest absolute Gasteiger partial charge is 0.465 e. The van der Waals surface area contributed by atoms with Gasteiger partial charge < -0.3 is 19.9 Å². The SMILES string of the molecule is COC(=O)c1c(C)[nH]c(C(=O)NCc2ccc(N3CCCC3=O)cc2)c1C. The first-order chi connectivity index (χ1) is 12.9. The van der Waals surface area contributed by atoms with Crippen LogP contribution in [-0.2, 0) is 16.1 Å². The molecule has 1 aliphatic rings. The van der Waals surface area contributed by atoms with Crippen molar-refractivity contribution in [3.8, 4) is 0 Å². The van der Waals surface area contributed by atoms with Crippen molar-refractivity contribution in [2.24, 2.45) is 0 Å². The molecule has 1 aliphatic heterocycles. The fourth-order valence-electron chi connectivity index (χ4n) is 3.37. The van der Waals surface area contributed by atoms with Gasteiger partial charge in [-0.05, 0) is 43.5 Å². The molecular formula is C20H23N3O4. The number of aromatic nitrogens is 1. The van der Waals surface area contributed by atoms with Gasteiger partial charge in [0.2, 0.25) is 5.91 Å². The average molecular weight is 369 g/mol. The van der Waals surface area contributed by atoms with E-state index in [2.05, 4.69) is 10.3 Å². The van der Waals surface area contributed by atoms with Gasteiger partial charge in [-0.15, -0.1) is 0 Å². The Labute approximate surface area is 157 Å².